The number of nitrogens with zero attached hydrogens (tertiary/aromatic N) is 4. The first kappa shape index (κ1) is 6.61. The molecular formula is C7H5N5. The molecule has 0 aromatic carbocycles. The van der Waals surface area contributed by atoms with E-state index in [4.69, 9.17) is 11.0 Å². The summed E-state index contributed by atoms with van der Waals surface area (Å²) in [5, 5.41) is 12.5. The molecule has 5 nitrogen and oxygen atoms in total. The number of nitrogen functional groups attached to an aromatic ring is 1. The second-order valence-corrected chi connectivity index (χ2v) is 2.32. The van der Waals surface area contributed by atoms with Crippen LogP contribution in [0.2, 0.25) is 0 Å². The first-order chi connectivity index (χ1) is 5.81. The quantitative estimate of drug-likeness (QED) is 0.594. The van der Waals surface area contributed by atoms with Gasteiger partial charge in [-0.2, -0.15) is 10.4 Å². The van der Waals surface area contributed by atoms with Crippen molar-refractivity contribution >= 4 is 11.3 Å². The van der Waals surface area contributed by atoms with Crippen molar-refractivity contribution in [3.8, 4) is 6.07 Å². The van der Waals surface area contributed by atoms with Crippen LogP contribution in [-0.4, -0.2) is 14.6 Å². The summed E-state index contributed by atoms with van der Waals surface area (Å²) in [4.78, 5) is 3.79. The Balaban J connectivity index is 2.85. The summed E-state index contributed by atoms with van der Waals surface area (Å²) in [6.07, 6.45) is 2.96. The van der Waals surface area contributed by atoms with Crippen LogP contribution < -0.4 is 5.73 Å². The van der Waals surface area contributed by atoms with Crippen LogP contribution in [0.5, 0.6) is 0 Å². The number of nitrogens with two attached hydrogens (primary N) is 1. The topological polar surface area (TPSA) is 80.0 Å². The highest BCUT2D eigenvalue weighted by atomic mass is 15.2. The number of rotatable bonds is 0. The molecule has 0 bridgehead atoms. The van der Waals surface area contributed by atoms with Crippen LogP contribution in [-0.2, 0) is 0 Å². The highest BCUT2D eigenvalue weighted by Gasteiger charge is 2.02. The SMILES string of the molecule is N#Cc1cc2c(N)ncnn2c1. The first-order valence-electron chi connectivity index (χ1n) is 3.30. The van der Waals surface area contributed by atoms with E-state index in [1.165, 1.54) is 10.8 Å². The molecule has 0 spiro atoms. The number of nitriles is 1. The van der Waals surface area contributed by atoms with Gasteiger partial charge in [-0.3, -0.25) is 0 Å². The van der Waals surface area contributed by atoms with Gasteiger partial charge in [0.05, 0.1) is 5.56 Å². The van der Waals surface area contributed by atoms with Gasteiger partial charge >= 0.3 is 0 Å². The third-order valence-corrected chi connectivity index (χ3v) is 1.56. The van der Waals surface area contributed by atoms with E-state index in [2.05, 4.69) is 10.1 Å². The maximum Gasteiger partial charge on any atom is 0.151 e. The van der Waals surface area contributed by atoms with Gasteiger partial charge in [-0.05, 0) is 6.07 Å². The number of fused-ring (bicyclic) bond motifs is 1. The summed E-state index contributed by atoms with van der Waals surface area (Å²) >= 11 is 0. The summed E-state index contributed by atoms with van der Waals surface area (Å²) < 4.78 is 1.53. The summed E-state index contributed by atoms with van der Waals surface area (Å²) in [5.74, 6) is 0.381. The number of anilines is 1. The largest absolute Gasteiger partial charge is 0.382 e. The summed E-state index contributed by atoms with van der Waals surface area (Å²) in [6, 6.07) is 3.65. The van der Waals surface area contributed by atoms with Gasteiger partial charge in [-0.15, -0.1) is 0 Å². The molecular weight excluding hydrogens is 154 g/mol. The minimum atomic E-state index is 0.381. The van der Waals surface area contributed by atoms with E-state index in [9.17, 15) is 0 Å². The molecule has 2 heterocycles. The molecule has 2 N–H and O–H groups in total. The molecule has 5 heteroatoms. The molecule has 0 saturated carbocycles. The van der Waals surface area contributed by atoms with Crippen molar-refractivity contribution < 1.29 is 0 Å². The Kier molecular flexibility index (Phi) is 1.21. The van der Waals surface area contributed by atoms with Gasteiger partial charge in [0.1, 0.15) is 17.9 Å². The van der Waals surface area contributed by atoms with Gasteiger partial charge in [0.15, 0.2) is 5.82 Å². The highest BCUT2D eigenvalue weighted by molar-refractivity contribution is 5.66. The maximum absolute atomic E-state index is 8.58. The molecule has 0 fully saturated rings. The van der Waals surface area contributed by atoms with Gasteiger partial charge in [0.25, 0.3) is 0 Å². The van der Waals surface area contributed by atoms with Crippen molar-refractivity contribution in [3.05, 3.63) is 24.2 Å². The Bertz CT molecular complexity index is 464. The standard InChI is InChI=1S/C7H5N5/c8-2-5-1-6-7(9)10-4-11-12(6)3-5/h1,3-4H,(H2,9,10,11). The molecule has 2 rings (SSSR count). The lowest BCUT2D eigenvalue weighted by atomic mass is 10.3. The van der Waals surface area contributed by atoms with E-state index in [1.807, 2.05) is 6.07 Å². The second kappa shape index (κ2) is 2.20. The molecule has 12 heavy (non-hydrogen) atoms. The predicted molar refractivity (Wildman–Crippen MR) is 42.1 cm³/mol. The van der Waals surface area contributed by atoms with Crippen molar-refractivity contribution in [3.63, 3.8) is 0 Å². The molecule has 0 unspecified atom stereocenters. The zero-order chi connectivity index (χ0) is 8.55. The molecule has 0 aliphatic carbocycles. The van der Waals surface area contributed by atoms with Crippen molar-refractivity contribution in [2.75, 3.05) is 5.73 Å². The lowest BCUT2D eigenvalue weighted by Gasteiger charge is -1.93. The molecule has 2 aromatic heterocycles. The van der Waals surface area contributed by atoms with Crippen LogP contribution in [0.25, 0.3) is 5.52 Å². The van der Waals surface area contributed by atoms with Gasteiger partial charge in [-0.1, -0.05) is 0 Å². The first-order valence-corrected chi connectivity index (χ1v) is 3.30. The van der Waals surface area contributed by atoms with Crippen LogP contribution in [0, 0.1) is 11.3 Å². The molecule has 2 aromatic rings. The minimum Gasteiger partial charge on any atom is -0.382 e. The van der Waals surface area contributed by atoms with E-state index in [0.717, 1.165) is 0 Å². The third-order valence-electron chi connectivity index (χ3n) is 1.56. The smallest absolute Gasteiger partial charge is 0.151 e. The monoisotopic (exact) mass is 159 g/mol. The van der Waals surface area contributed by atoms with Crippen molar-refractivity contribution in [2.45, 2.75) is 0 Å². The van der Waals surface area contributed by atoms with Crippen LogP contribution >= 0.6 is 0 Å². The maximum atomic E-state index is 8.58. The number of hydrogen-bond acceptors (Lipinski definition) is 4. The zero-order valence-electron chi connectivity index (χ0n) is 6.10. The average Bonchev–Trinajstić information content (AvgIpc) is 2.49. The van der Waals surface area contributed by atoms with E-state index < -0.39 is 0 Å². The van der Waals surface area contributed by atoms with Crippen LogP contribution in [0.4, 0.5) is 5.82 Å². The third kappa shape index (κ3) is 0.787. The van der Waals surface area contributed by atoms with E-state index >= 15 is 0 Å². The summed E-state index contributed by atoms with van der Waals surface area (Å²) in [7, 11) is 0. The molecule has 0 amide bonds. The van der Waals surface area contributed by atoms with E-state index in [-0.39, 0.29) is 0 Å². The van der Waals surface area contributed by atoms with E-state index in [0.29, 0.717) is 16.9 Å². The van der Waals surface area contributed by atoms with Crippen LogP contribution in [0.15, 0.2) is 18.6 Å². The predicted octanol–water partition coefficient (Wildman–Crippen LogP) is 0.183. The molecule has 58 valence electrons. The van der Waals surface area contributed by atoms with Gasteiger partial charge in [-0.25, -0.2) is 9.50 Å². The Hall–Kier alpha value is -2.09. The average molecular weight is 159 g/mol. The Morgan fingerprint density at radius 3 is 3.08 bits per heavy atom. The van der Waals surface area contributed by atoms with Crippen LogP contribution in [0.1, 0.15) is 5.56 Å². The number of aromatic nitrogens is 3. The molecule has 0 atom stereocenters. The molecule has 0 aliphatic rings. The lowest BCUT2D eigenvalue weighted by molar-refractivity contribution is 0.907. The number of hydrogen-bond donors (Lipinski definition) is 1. The molecule has 0 aliphatic heterocycles. The highest BCUT2D eigenvalue weighted by Crippen LogP contribution is 2.11. The van der Waals surface area contributed by atoms with Gasteiger partial charge < -0.3 is 5.73 Å². The van der Waals surface area contributed by atoms with E-state index in [1.54, 1.807) is 12.3 Å². The van der Waals surface area contributed by atoms with Gasteiger partial charge in [0, 0.05) is 6.20 Å². The zero-order valence-corrected chi connectivity index (χ0v) is 6.10. The van der Waals surface area contributed by atoms with Gasteiger partial charge in [0.2, 0.25) is 0 Å². The normalized spacial score (nSPS) is 9.92. The van der Waals surface area contributed by atoms with Crippen molar-refractivity contribution in [2.24, 2.45) is 0 Å². The summed E-state index contributed by atoms with van der Waals surface area (Å²) in [5.41, 5.74) is 6.73. The van der Waals surface area contributed by atoms with Crippen molar-refractivity contribution in [1.29, 1.82) is 5.26 Å². The van der Waals surface area contributed by atoms with Crippen molar-refractivity contribution in [1.82, 2.24) is 14.6 Å². The molecule has 0 saturated heterocycles. The fourth-order valence-electron chi connectivity index (χ4n) is 1.01. The Labute approximate surface area is 68.1 Å². The second-order valence-electron chi connectivity index (χ2n) is 2.32. The fraction of sp³-hybridized carbons (Fsp3) is 0. The lowest BCUT2D eigenvalue weighted by Crippen LogP contribution is -1.96. The Morgan fingerprint density at radius 2 is 2.42 bits per heavy atom. The summed E-state index contributed by atoms with van der Waals surface area (Å²) in [6.45, 7) is 0. The minimum absolute atomic E-state index is 0.381. The molecule has 0 radical (unpaired) electrons. The van der Waals surface area contributed by atoms with Crippen LogP contribution in [0.3, 0.4) is 0 Å². The Morgan fingerprint density at radius 1 is 1.58 bits per heavy atom. The fourth-order valence-corrected chi connectivity index (χ4v) is 1.01.